The van der Waals surface area contributed by atoms with Gasteiger partial charge in [-0.15, -0.1) is 11.3 Å². The van der Waals surface area contributed by atoms with Crippen LogP contribution in [0.3, 0.4) is 0 Å². The summed E-state index contributed by atoms with van der Waals surface area (Å²) >= 11 is 6.94. The maximum atomic E-state index is 11.5. The first-order chi connectivity index (χ1) is 8.61. The topological polar surface area (TPSA) is 90.1 Å². The van der Waals surface area contributed by atoms with E-state index in [0.717, 1.165) is 0 Å². The van der Waals surface area contributed by atoms with Crippen LogP contribution in [0.2, 0.25) is 5.28 Å². The average molecular weight is 285 g/mol. The van der Waals surface area contributed by atoms with Crippen molar-refractivity contribution in [2.24, 2.45) is 0 Å². The highest BCUT2D eigenvalue weighted by Gasteiger charge is 2.15. The highest BCUT2D eigenvalue weighted by atomic mass is 35.5. The number of ether oxygens (including phenoxy) is 1. The van der Waals surface area contributed by atoms with Gasteiger partial charge < -0.3 is 15.8 Å². The standard InChI is InChI=1S/C10H9ClN4O2S/c1-17-9(16)7-6(2-3-18-7)14-8-5(12)4-13-10(11)15-8/h2-4H,12H2,1H3,(H,13,14,15). The zero-order chi connectivity index (χ0) is 13.1. The normalized spacial score (nSPS) is 10.1. The first-order valence-electron chi connectivity index (χ1n) is 4.82. The second kappa shape index (κ2) is 5.19. The van der Waals surface area contributed by atoms with Gasteiger partial charge in [0.15, 0.2) is 5.82 Å². The molecule has 0 aliphatic heterocycles. The van der Waals surface area contributed by atoms with E-state index in [1.165, 1.54) is 24.6 Å². The van der Waals surface area contributed by atoms with Crippen molar-refractivity contribution in [1.29, 1.82) is 0 Å². The summed E-state index contributed by atoms with van der Waals surface area (Å²) in [5, 5.41) is 4.75. The number of nitrogens with zero attached hydrogens (tertiary/aromatic N) is 2. The molecule has 2 aromatic heterocycles. The minimum absolute atomic E-state index is 0.0709. The van der Waals surface area contributed by atoms with Crippen LogP contribution in [0.4, 0.5) is 17.2 Å². The van der Waals surface area contributed by atoms with Gasteiger partial charge in [-0.1, -0.05) is 0 Å². The first-order valence-corrected chi connectivity index (χ1v) is 6.08. The van der Waals surface area contributed by atoms with E-state index in [4.69, 9.17) is 17.3 Å². The number of nitrogen functional groups attached to an aromatic ring is 1. The Morgan fingerprint density at radius 2 is 2.39 bits per heavy atom. The van der Waals surface area contributed by atoms with Gasteiger partial charge in [-0.05, 0) is 23.0 Å². The summed E-state index contributed by atoms with van der Waals surface area (Å²) in [6.45, 7) is 0. The quantitative estimate of drug-likeness (QED) is 0.664. The lowest BCUT2D eigenvalue weighted by Crippen LogP contribution is -2.05. The van der Waals surface area contributed by atoms with Gasteiger partial charge in [0.05, 0.1) is 24.7 Å². The summed E-state index contributed by atoms with van der Waals surface area (Å²) in [7, 11) is 1.32. The van der Waals surface area contributed by atoms with E-state index in [1.54, 1.807) is 11.4 Å². The van der Waals surface area contributed by atoms with Gasteiger partial charge in [0.1, 0.15) is 4.88 Å². The zero-order valence-corrected chi connectivity index (χ0v) is 10.9. The highest BCUT2D eigenvalue weighted by Crippen LogP contribution is 2.28. The summed E-state index contributed by atoms with van der Waals surface area (Å²) in [5.41, 5.74) is 6.60. The van der Waals surface area contributed by atoms with Gasteiger partial charge in [0, 0.05) is 0 Å². The third-order valence-corrected chi connectivity index (χ3v) is 3.15. The fourth-order valence-electron chi connectivity index (χ4n) is 1.26. The van der Waals surface area contributed by atoms with E-state index < -0.39 is 5.97 Å². The van der Waals surface area contributed by atoms with E-state index in [-0.39, 0.29) is 5.28 Å². The summed E-state index contributed by atoms with van der Waals surface area (Å²) in [4.78, 5) is 19.6. The van der Waals surface area contributed by atoms with Crippen molar-refractivity contribution in [2.75, 3.05) is 18.2 Å². The van der Waals surface area contributed by atoms with E-state index >= 15 is 0 Å². The van der Waals surface area contributed by atoms with Gasteiger partial charge >= 0.3 is 5.97 Å². The number of nitrogens with one attached hydrogen (secondary N) is 1. The lowest BCUT2D eigenvalue weighted by molar-refractivity contribution is 0.0607. The van der Waals surface area contributed by atoms with Crippen LogP contribution in [0.25, 0.3) is 0 Å². The fourth-order valence-corrected chi connectivity index (χ4v) is 2.15. The Kier molecular flexibility index (Phi) is 3.63. The van der Waals surface area contributed by atoms with Crippen molar-refractivity contribution in [3.05, 3.63) is 27.8 Å². The molecule has 0 aromatic carbocycles. The Balaban J connectivity index is 2.32. The van der Waals surface area contributed by atoms with Crippen molar-refractivity contribution < 1.29 is 9.53 Å². The Bertz CT molecular complexity index is 587. The van der Waals surface area contributed by atoms with E-state index in [0.29, 0.717) is 22.1 Å². The van der Waals surface area contributed by atoms with Gasteiger partial charge in [0.2, 0.25) is 5.28 Å². The second-order valence-corrected chi connectivity index (χ2v) is 4.48. The predicted molar refractivity (Wildman–Crippen MR) is 70.4 cm³/mol. The number of aromatic nitrogens is 2. The molecule has 0 bridgehead atoms. The van der Waals surface area contributed by atoms with E-state index in [9.17, 15) is 4.79 Å². The number of thiophene rings is 1. The monoisotopic (exact) mass is 284 g/mol. The molecule has 0 saturated heterocycles. The zero-order valence-electron chi connectivity index (χ0n) is 9.31. The van der Waals surface area contributed by atoms with Crippen molar-refractivity contribution >= 4 is 46.1 Å². The fraction of sp³-hybridized carbons (Fsp3) is 0.100. The minimum atomic E-state index is -0.425. The molecule has 0 amide bonds. The molecule has 18 heavy (non-hydrogen) atoms. The molecular weight excluding hydrogens is 276 g/mol. The SMILES string of the molecule is COC(=O)c1sccc1Nc1nc(Cl)ncc1N. The number of hydrogen-bond acceptors (Lipinski definition) is 7. The first kappa shape index (κ1) is 12.6. The van der Waals surface area contributed by atoms with Crippen LogP contribution in [0.1, 0.15) is 9.67 Å². The number of anilines is 3. The summed E-state index contributed by atoms with van der Waals surface area (Å²) < 4.78 is 4.67. The summed E-state index contributed by atoms with van der Waals surface area (Å²) in [6.07, 6.45) is 1.39. The van der Waals surface area contributed by atoms with Crippen LogP contribution < -0.4 is 11.1 Å². The molecule has 0 atom stereocenters. The number of rotatable bonds is 3. The Morgan fingerprint density at radius 3 is 3.11 bits per heavy atom. The van der Waals surface area contributed by atoms with Crippen molar-refractivity contribution in [2.45, 2.75) is 0 Å². The molecule has 8 heteroatoms. The number of halogens is 1. The second-order valence-electron chi connectivity index (χ2n) is 3.22. The molecule has 0 radical (unpaired) electrons. The number of methoxy groups -OCH3 is 1. The van der Waals surface area contributed by atoms with Crippen LogP contribution >= 0.6 is 22.9 Å². The number of carbonyl (C=O) groups is 1. The predicted octanol–water partition coefficient (Wildman–Crippen LogP) is 2.30. The molecule has 0 spiro atoms. The molecule has 2 rings (SSSR count). The number of esters is 1. The minimum Gasteiger partial charge on any atom is -0.465 e. The van der Waals surface area contributed by atoms with Crippen LogP contribution in [0, 0.1) is 0 Å². The third kappa shape index (κ3) is 2.52. The molecule has 3 N–H and O–H groups in total. The van der Waals surface area contributed by atoms with Crippen molar-refractivity contribution in [3.63, 3.8) is 0 Å². The van der Waals surface area contributed by atoms with Crippen LogP contribution in [-0.2, 0) is 4.74 Å². The van der Waals surface area contributed by atoms with E-state index in [1.807, 2.05) is 0 Å². The maximum Gasteiger partial charge on any atom is 0.350 e. The molecule has 2 aromatic rings. The van der Waals surface area contributed by atoms with Crippen LogP contribution in [0.5, 0.6) is 0 Å². The molecule has 94 valence electrons. The number of nitrogens with two attached hydrogens (primary N) is 1. The maximum absolute atomic E-state index is 11.5. The van der Waals surface area contributed by atoms with Crippen LogP contribution in [0.15, 0.2) is 17.6 Å². The molecule has 2 heterocycles. The third-order valence-electron chi connectivity index (χ3n) is 2.08. The largest absolute Gasteiger partial charge is 0.465 e. The molecule has 0 unspecified atom stereocenters. The van der Waals surface area contributed by atoms with E-state index in [2.05, 4.69) is 20.0 Å². The summed E-state index contributed by atoms with van der Waals surface area (Å²) in [5.74, 6) is -0.0789. The number of carbonyl (C=O) groups excluding carboxylic acids is 1. The highest BCUT2D eigenvalue weighted by molar-refractivity contribution is 7.12. The Morgan fingerprint density at radius 1 is 1.61 bits per heavy atom. The van der Waals surface area contributed by atoms with Gasteiger partial charge in [-0.3, -0.25) is 0 Å². The molecular formula is C10H9ClN4O2S. The smallest absolute Gasteiger partial charge is 0.350 e. The van der Waals surface area contributed by atoms with Crippen LogP contribution in [-0.4, -0.2) is 23.0 Å². The molecule has 0 aliphatic rings. The lowest BCUT2D eigenvalue weighted by atomic mass is 10.3. The van der Waals surface area contributed by atoms with Gasteiger partial charge in [0.25, 0.3) is 0 Å². The molecule has 0 saturated carbocycles. The number of hydrogen-bond donors (Lipinski definition) is 2. The Labute approximate surface area is 112 Å². The lowest BCUT2D eigenvalue weighted by Gasteiger charge is -2.07. The molecule has 0 aliphatic carbocycles. The van der Waals surface area contributed by atoms with Gasteiger partial charge in [-0.25, -0.2) is 9.78 Å². The van der Waals surface area contributed by atoms with Crippen molar-refractivity contribution in [1.82, 2.24) is 9.97 Å². The molecule has 0 fully saturated rings. The van der Waals surface area contributed by atoms with Crippen molar-refractivity contribution in [3.8, 4) is 0 Å². The average Bonchev–Trinajstić information content (AvgIpc) is 2.81. The molecule has 6 nitrogen and oxygen atoms in total. The summed E-state index contributed by atoms with van der Waals surface area (Å²) in [6, 6.07) is 1.73. The Hall–Kier alpha value is -1.86. The van der Waals surface area contributed by atoms with Gasteiger partial charge in [-0.2, -0.15) is 4.98 Å².